The van der Waals surface area contributed by atoms with Gasteiger partial charge in [0.05, 0.1) is 13.1 Å². The first-order valence-corrected chi connectivity index (χ1v) is 2.32. The Labute approximate surface area is 46.8 Å². The number of nitrogens with two attached hydrogens (primary N) is 1. The van der Waals surface area contributed by atoms with Gasteiger partial charge in [-0.1, -0.05) is 0 Å². The molecular formula is C4H6N3O. The quantitative estimate of drug-likeness (QED) is 0.440. The average molecular weight is 112 g/mol. The van der Waals surface area contributed by atoms with Crippen molar-refractivity contribution in [2.24, 2.45) is 10.7 Å². The van der Waals surface area contributed by atoms with E-state index < -0.39 is 5.91 Å². The Bertz CT molecular complexity index is 140. The van der Waals surface area contributed by atoms with Crippen LogP contribution in [-0.2, 0) is 4.79 Å². The predicted octanol–water partition coefficient (Wildman–Crippen LogP) is -1.51. The first kappa shape index (κ1) is 5.08. The molecule has 0 aromatic rings. The van der Waals surface area contributed by atoms with Gasteiger partial charge in [-0.2, -0.15) is 0 Å². The molecule has 0 atom stereocenters. The van der Waals surface area contributed by atoms with Crippen LogP contribution in [0.4, 0.5) is 0 Å². The molecule has 1 heterocycles. The van der Waals surface area contributed by atoms with E-state index in [1.807, 2.05) is 0 Å². The van der Waals surface area contributed by atoms with Crippen LogP contribution in [0.15, 0.2) is 4.99 Å². The molecule has 0 bridgehead atoms. The highest BCUT2D eigenvalue weighted by Gasteiger charge is 2.11. The summed E-state index contributed by atoms with van der Waals surface area (Å²) in [6, 6.07) is 0. The number of rotatable bonds is 1. The highest BCUT2D eigenvalue weighted by atomic mass is 16.1. The number of hydrogen-bond donors (Lipinski definition) is 1. The number of aliphatic imine (C=N–C) groups is 1. The molecule has 1 rings (SSSR count). The largest absolute Gasteiger partial charge is 0.363 e. The fourth-order valence-electron chi connectivity index (χ4n) is 0.518. The van der Waals surface area contributed by atoms with Gasteiger partial charge >= 0.3 is 0 Å². The fraction of sp³-hybridized carbons (Fsp3) is 0.500. The summed E-state index contributed by atoms with van der Waals surface area (Å²) >= 11 is 0. The smallest absolute Gasteiger partial charge is 0.285 e. The summed E-state index contributed by atoms with van der Waals surface area (Å²) in [5.74, 6) is -0.340. The maximum atomic E-state index is 10.2. The minimum Gasteiger partial charge on any atom is -0.363 e. The van der Waals surface area contributed by atoms with Crippen LogP contribution < -0.4 is 11.1 Å². The zero-order chi connectivity index (χ0) is 5.98. The van der Waals surface area contributed by atoms with E-state index in [0.717, 1.165) is 0 Å². The molecule has 1 aliphatic rings. The third kappa shape index (κ3) is 0.776. The summed E-state index contributed by atoms with van der Waals surface area (Å²) in [5, 5.41) is 3.71. The molecule has 2 N–H and O–H groups in total. The number of carbonyl (C=O) groups is 1. The van der Waals surface area contributed by atoms with Gasteiger partial charge in [0, 0.05) is 0 Å². The van der Waals surface area contributed by atoms with Crippen molar-refractivity contribution in [3.8, 4) is 0 Å². The van der Waals surface area contributed by atoms with Crippen LogP contribution in [-0.4, -0.2) is 24.8 Å². The van der Waals surface area contributed by atoms with Crippen molar-refractivity contribution in [1.82, 2.24) is 5.32 Å². The maximum absolute atomic E-state index is 10.2. The molecule has 1 amide bonds. The highest BCUT2D eigenvalue weighted by Crippen LogP contribution is 1.84. The van der Waals surface area contributed by atoms with Crippen molar-refractivity contribution in [2.75, 3.05) is 13.1 Å². The summed E-state index contributed by atoms with van der Waals surface area (Å²) in [7, 11) is 0. The normalized spacial score (nSPS) is 17.2. The van der Waals surface area contributed by atoms with E-state index in [9.17, 15) is 4.79 Å². The number of nitrogens with zero attached hydrogens (tertiary/aromatic N) is 2. The van der Waals surface area contributed by atoms with Crippen LogP contribution in [0.5, 0.6) is 0 Å². The molecule has 0 aromatic heterocycles. The Morgan fingerprint density at radius 3 is 2.62 bits per heavy atom. The van der Waals surface area contributed by atoms with Gasteiger partial charge in [-0.15, -0.1) is 0 Å². The summed E-state index contributed by atoms with van der Waals surface area (Å²) in [6.07, 6.45) is 0. The van der Waals surface area contributed by atoms with Crippen LogP contribution in [0.1, 0.15) is 0 Å². The Morgan fingerprint density at radius 2 is 2.38 bits per heavy atom. The van der Waals surface area contributed by atoms with Gasteiger partial charge in [0.25, 0.3) is 5.91 Å². The number of amidine groups is 1. The topological polar surface area (TPSA) is 69.6 Å². The van der Waals surface area contributed by atoms with Crippen molar-refractivity contribution in [3.05, 3.63) is 0 Å². The van der Waals surface area contributed by atoms with Gasteiger partial charge in [-0.25, -0.2) is 0 Å². The summed E-state index contributed by atoms with van der Waals surface area (Å²) in [6.45, 7) is 1.22. The molecule has 0 spiro atoms. The molecule has 1 radical (unpaired) electrons. The molecule has 0 unspecified atom stereocenters. The standard InChI is InChI=1S/C4H6N3O/c5-3(8)4-6-1-2-7-4/h1-2H2,(H2,5,8). The van der Waals surface area contributed by atoms with Gasteiger partial charge in [-0.3, -0.25) is 15.1 Å². The van der Waals surface area contributed by atoms with Crippen LogP contribution in [0.25, 0.3) is 0 Å². The average Bonchev–Trinajstić information content (AvgIpc) is 2.12. The lowest BCUT2D eigenvalue weighted by Gasteiger charge is -1.87. The van der Waals surface area contributed by atoms with E-state index in [4.69, 9.17) is 5.73 Å². The second kappa shape index (κ2) is 1.81. The monoisotopic (exact) mass is 112 g/mol. The van der Waals surface area contributed by atoms with E-state index in [0.29, 0.717) is 13.1 Å². The lowest BCUT2D eigenvalue weighted by atomic mass is 10.6. The lowest BCUT2D eigenvalue weighted by Crippen LogP contribution is -2.28. The van der Waals surface area contributed by atoms with E-state index in [2.05, 4.69) is 10.3 Å². The molecular weight excluding hydrogens is 106 g/mol. The zero-order valence-electron chi connectivity index (χ0n) is 4.29. The van der Waals surface area contributed by atoms with Crippen LogP contribution in [0, 0.1) is 0 Å². The Kier molecular flexibility index (Phi) is 1.15. The predicted molar refractivity (Wildman–Crippen MR) is 28.5 cm³/mol. The molecule has 0 aliphatic carbocycles. The van der Waals surface area contributed by atoms with Crippen molar-refractivity contribution in [2.45, 2.75) is 0 Å². The van der Waals surface area contributed by atoms with Gasteiger partial charge in [-0.05, 0) is 0 Å². The summed E-state index contributed by atoms with van der Waals surface area (Å²) < 4.78 is 0. The number of primary amides is 1. The van der Waals surface area contributed by atoms with E-state index in [1.165, 1.54) is 0 Å². The van der Waals surface area contributed by atoms with Crippen LogP contribution in [0.2, 0.25) is 0 Å². The van der Waals surface area contributed by atoms with Crippen LogP contribution >= 0.6 is 0 Å². The van der Waals surface area contributed by atoms with E-state index >= 15 is 0 Å². The van der Waals surface area contributed by atoms with Gasteiger partial charge in [0.1, 0.15) is 0 Å². The molecule has 1 aliphatic heterocycles. The van der Waals surface area contributed by atoms with Gasteiger partial charge in [0.2, 0.25) is 5.84 Å². The van der Waals surface area contributed by atoms with Crippen molar-refractivity contribution >= 4 is 11.7 Å². The molecule has 0 saturated carbocycles. The number of hydrogen-bond acceptors (Lipinski definition) is 2. The minimum absolute atomic E-state index is 0.185. The van der Waals surface area contributed by atoms with Crippen molar-refractivity contribution in [1.29, 1.82) is 0 Å². The molecule has 4 nitrogen and oxygen atoms in total. The molecule has 0 fully saturated rings. The summed E-state index contributed by atoms with van der Waals surface area (Å²) in [4.78, 5) is 13.9. The van der Waals surface area contributed by atoms with Crippen LogP contribution in [0.3, 0.4) is 0 Å². The van der Waals surface area contributed by atoms with Crippen molar-refractivity contribution in [3.63, 3.8) is 0 Å². The number of carbonyl (C=O) groups excluding carboxylic acids is 1. The highest BCUT2D eigenvalue weighted by molar-refractivity contribution is 6.37. The number of amides is 1. The van der Waals surface area contributed by atoms with E-state index in [1.54, 1.807) is 0 Å². The Hall–Kier alpha value is -1.06. The first-order chi connectivity index (χ1) is 3.80. The Morgan fingerprint density at radius 1 is 1.62 bits per heavy atom. The third-order valence-electron chi connectivity index (χ3n) is 0.844. The third-order valence-corrected chi connectivity index (χ3v) is 0.844. The Balaban J connectivity index is 2.57. The van der Waals surface area contributed by atoms with Gasteiger partial charge in [0.15, 0.2) is 0 Å². The van der Waals surface area contributed by atoms with Gasteiger partial charge < -0.3 is 5.73 Å². The second-order valence-corrected chi connectivity index (χ2v) is 1.45. The maximum Gasteiger partial charge on any atom is 0.285 e. The first-order valence-electron chi connectivity index (χ1n) is 2.32. The molecule has 4 heteroatoms. The molecule has 8 heavy (non-hydrogen) atoms. The molecule has 0 aromatic carbocycles. The lowest BCUT2D eigenvalue weighted by molar-refractivity contribution is -0.112. The molecule has 43 valence electrons. The zero-order valence-corrected chi connectivity index (χ0v) is 4.29. The van der Waals surface area contributed by atoms with E-state index in [-0.39, 0.29) is 5.84 Å². The van der Waals surface area contributed by atoms with Crippen molar-refractivity contribution < 1.29 is 4.79 Å². The second-order valence-electron chi connectivity index (χ2n) is 1.45. The SMILES string of the molecule is NC(=O)C1=NCC[N]1. The fourth-order valence-corrected chi connectivity index (χ4v) is 0.518. The minimum atomic E-state index is -0.525. The molecule has 0 saturated heterocycles. The summed E-state index contributed by atoms with van der Waals surface area (Å²) in [5.41, 5.74) is 4.83.